The van der Waals surface area contributed by atoms with Crippen molar-refractivity contribution in [1.29, 1.82) is 5.26 Å². The van der Waals surface area contributed by atoms with Crippen molar-refractivity contribution in [3.8, 4) is 6.07 Å². The van der Waals surface area contributed by atoms with Crippen LogP contribution in [-0.4, -0.2) is 17.1 Å². The molecule has 4 nitrogen and oxygen atoms in total. The molecule has 0 aliphatic heterocycles. The lowest BCUT2D eigenvalue weighted by Gasteiger charge is -2.13. The van der Waals surface area contributed by atoms with Gasteiger partial charge in [0.15, 0.2) is 0 Å². The van der Waals surface area contributed by atoms with Crippen molar-refractivity contribution < 1.29 is 9.53 Å². The molecule has 1 heterocycles. The molecule has 4 rings (SSSR count). The van der Waals surface area contributed by atoms with Gasteiger partial charge in [-0.15, -0.1) is 0 Å². The maximum Gasteiger partial charge on any atom is 0.348 e. The fourth-order valence-corrected chi connectivity index (χ4v) is 3.64. The van der Waals surface area contributed by atoms with E-state index in [-0.39, 0.29) is 12.2 Å². The summed E-state index contributed by atoms with van der Waals surface area (Å²) < 4.78 is 7.00. The van der Waals surface area contributed by atoms with Crippen molar-refractivity contribution in [2.45, 2.75) is 13.5 Å². The fourth-order valence-electron chi connectivity index (χ4n) is 3.64. The smallest absolute Gasteiger partial charge is 0.348 e. The lowest BCUT2D eigenvalue weighted by Crippen LogP contribution is -2.07. The van der Waals surface area contributed by atoms with Gasteiger partial charge in [-0.2, -0.15) is 5.26 Å². The van der Waals surface area contributed by atoms with E-state index >= 15 is 0 Å². The number of benzene rings is 3. The molecule has 0 atom stereocenters. The molecule has 4 heteroatoms. The van der Waals surface area contributed by atoms with Crippen molar-refractivity contribution in [2.75, 3.05) is 6.61 Å². The van der Waals surface area contributed by atoms with Gasteiger partial charge < -0.3 is 9.30 Å². The van der Waals surface area contributed by atoms with Crippen molar-refractivity contribution >= 4 is 33.6 Å². The fraction of sp³-hybridized carbons (Fsp3) is 0.120. The van der Waals surface area contributed by atoms with Gasteiger partial charge in [-0.1, -0.05) is 48.5 Å². The quantitative estimate of drug-likeness (QED) is 0.204. The Labute approximate surface area is 169 Å². The number of rotatable bonds is 5. The van der Waals surface area contributed by atoms with Crippen LogP contribution in [0.15, 0.2) is 78.5 Å². The molecule has 0 radical (unpaired) electrons. The molecule has 3 aromatic carbocycles. The normalized spacial score (nSPS) is 11.5. The second-order valence-corrected chi connectivity index (χ2v) is 6.75. The van der Waals surface area contributed by atoms with Crippen molar-refractivity contribution in [3.63, 3.8) is 0 Å². The van der Waals surface area contributed by atoms with Gasteiger partial charge in [0, 0.05) is 18.4 Å². The Hall–Kier alpha value is -3.84. The second kappa shape index (κ2) is 8.04. The minimum atomic E-state index is -0.598. The van der Waals surface area contributed by atoms with Gasteiger partial charge in [-0.25, -0.2) is 4.79 Å². The monoisotopic (exact) mass is 380 g/mol. The van der Waals surface area contributed by atoms with Crippen LogP contribution in [0.5, 0.6) is 0 Å². The Morgan fingerprint density at radius 1 is 1.03 bits per heavy atom. The number of nitrogens with zero attached hydrogens (tertiary/aromatic N) is 2. The highest BCUT2D eigenvalue weighted by Gasteiger charge is 2.12. The van der Waals surface area contributed by atoms with E-state index in [0.717, 1.165) is 5.69 Å². The highest BCUT2D eigenvalue weighted by molar-refractivity contribution is 6.09. The molecule has 0 aliphatic rings. The SMILES string of the molecule is CCOC(=O)C(C#N)=Cc1cccn1Cc1cc2ccccc2c2ccccc12. The lowest BCUT2D eigenvalue weighted by molar-refractivity contribution is -0.137. The topological polar surface area (TPSA) is 55.0 Å². The molecular formula is C25H20N2O2. The van der Waals surface area contributed by atoms with Gasteiger partial charge in [0.2, 0.25) is 0 Å². The van der Waals surface area contributed by atoms with Gasteiger partial charge in [-0.05, 0) is 58.3 Å². The van der Waals surface area contributed by atoms with Crippen LogP contribution in [0.1, 0.15) is 18.2 Å². The Balaban J connectivity index is 1.78. The molecule has 0 aliphatic carbocycles. The Kier molecular flexibility index (Phi) is 5.13. The average Bonchev–Trinajstić information content (AvgIpc) is 3.19. The third kappa shape index (κ3) is 3.63. The average molecular weight is 380 g/mol. The van der Waals surface area contributed by atoms with Crippen molar-refractivity contribution in [3.05, 3.63) is 89.8 Å². The maximum atomic E-state index is 12.0. The third-order valence-electron chi connectivity index (χ3n) is 4.97. The Morgan fingerprint density at radius 3 is 2.52 bits per heavy atom. The van der Waals surface area contributed by atoms with E-state index in [1.807, 2.05) is 41.1 Å². The predicted molar refractivity (Wildman–Crippen MR) is 115 cm³/mol. The first-order chi connectivity index (χ1) is 14.2. The Bertz CT molecular complexity index is 1270. The zero-order valence-corrected chi connectivity index (χ0v) is 16.1. The van der Waals surface area contributed by atoms with E-state index in [2.05, 4.69) is 42.5 Å². The van der Waals surface area contributed by atoms with Crippen LogP contribution in [0.2, 0.25) is 0 Å². The zero-order valence-electron chi connectivity index (χ0n) is 16.1. The summed E-state index contributed by atoms with van der Waals surface area (Å²) in [7, 11) is 0. The molecule has 1 aromatic heterocycles. The number of carbonyl (C=O) groups is 1. The van der Waals surface area contributed by atoms with Crippen LogP contribution in [0.4, 0.5) is 0 Å². The maximum absolute atomic E-state index is 12.0. The summed E-state index contributed by atoms with van der Waals surface area (Å²) in [5.74, 6) is -0.598. The summed E-state index contributed by atoms with van der Waals surface area (Å²) in [5.41, 5.74) is 1.96. The van der Waals surface area contributed by atoms with Crippen LogP contribution in [0.25, 0.3) is 27.6 Å². The number of ether oxygens (including phenoxy) is 1. The van der Waals surface area contributed by atoms with E-state index in [9.17, 15) is 10.1 Å². The summed E-state index contributed by atoms with van der Waals surface area (Å²) in [4.78, 5) is 12.0. The van der Waals surface area contributed by atoms with Gasteiger partial charge in [0.05, 0.1) is 6.61 Å². The third-order valence-corrected chi connectivity index (χ3v) is 4.97. The molecule has 0 unspecified atom stereocenters. The van der Waals surface area contributed by atoms with E-state index in [4.69, 9.17) is 4.74 Å². The van der Waals surface area contributed by atoms with Crippen LogP contribution in [0, 0.1) is 11.3 Å². The number of hydrogen-bond donors (Lipinski definition) is 0. The molecule has 0 bridgehead atoms. The molecular weight excluding hydrogens is 360 g/mol. The van der Waals surface area contributed by atoms with E-state index < -0.39 is 5.97 Å². The number of esters is 1. The van der Waals surface area contributed by atoms with E-state index in [1.165, 1.54) is 27.1 Å². The number of aromatic nitrogens is 1. The highest BCUT2D eigenvalue weighted by Crippen LogP contribution is 2.29. The van der Waals surface area contributed by atoms with Gasteiger partial charge in [0.1, 0.15) is 11.6 Å². The van der Waals surface area contributed by atoms with Gasteiger partial charge in [-0.3, -0.25) is 0 Å². The largest absolute Gasteiger partial charge is 0.462 e. The number of nitriles is 1. The van der Waals surface area contributed by atoms with Crippen LogP contribution in [0.3, 0.4) is 0 Å². The molecule has 4 aromatic rings. The van der Waals surface area contributed by atoms with E-state index in [1.54, 1.807) is 13.0 Å². The summed E-state index contributed by atoms with van der Waals surface area (Å²) >= 11 is 0. The number of carbonyl (C=O) groups excluding carboxylic acids is 1. The summed E-state index contributed by atoms with van der Waals surface area (Å²) in [6.07, 6.45) is 3.54. The Morgan fingerprint density at radius 2 is 1.76 bits per heavy atom. The van der Waals surface area contributed by atoms with Crippen LogP contribution in [-0.2, 0) is 16.1 Å². The molecule has 0 fully saturated rings. The number of hydrogen-bond acceptors (Lipinski definition) is 3. The van der Waals surface area contributed by atoms with Crippen LogP contribution >= 0.6 is 0 Å². The van der Waals surface area contributed by atoms with Gasteiger partial charge >= 0.3 is 5.97 Å². The molecule has 0 saturated carbocycles. The van der Waals surface area contributed by atoms with Crippen LogP contribution < -0.4 is 0 Å². The standard InChI is InChI=1S/C25H20N2O2/c1-2-29-25(28)19(16-26)15-21-9-7-13-27(21)17-20-14-18-8-3-4-10-22(18)24-12-6-5-11-23(20)24/h3-15H,2,17H2,1H3. The second-order valence-electron chi connectivity index (χ2n) is 6.75. The first-order valence-corrected chi connectivity index (χ1v) is 9.54. The lowest BCUT2D eigenvalue weighted by atomic mass is 9.97. The molecule has 0 spiro atoms. The van der Waals surface area contributed by atoms with E-state index in [0.29, 0.717) is 6.54 Å². The summed E-state index contributed by atoms with van der Waals surface area (Å²) in [6, 6.07) is 24.7. The molecule has 0 amide bonds. The molecule has 0 saturated heterocycles. The zero-order chi connectivity index (χ0) is 20.2. The van der Waals surface area contributed by atoms with Crippen molar-refractivity contribution in [2.24, 2.45) is 0 Å². The highest BCUT2D eigenvalue weighted by atomic mass is 16.5. The predicted octanol–water partition coefficient (Wildman–Crippen LogP) is 5.31. The first-order valence-electron chi connectivity index (χ1n) is 9.54. The minimum Gasteiger partial charge on any atom is -0.462 e. The summed E-state index contributed by atoms with van der Waals surface area (Å²) in [5, 5.41) is 14.2. The summed E-state index contributed by atoms with van der Waals surface area (Å²) in [6.45, 7) is 2.59. The van der Waals surface area contributed by atoms with Gasteiger partial charge in [0.25, 0.3) is 0 Å². The number of fused-ring (bicyclic) bond motifs is 3. The first kappa shape index (κ1) is 18.5. The van der Waals surface area contributed by atoms with Crippen molar-refractivity contribution in [1.82, 2.24) is 4.57 Å². The minimum absolute atomic E-state index is 0.00447. The molecule has 29 heavy (non-hydrogen) atoms. The molecule has 0 N–H and O–H groups in total. The molecule has 142 valence electrons.